The van der Waals surface area contributed by atoms with Crippen molar-refractivity contribution in [3.8, 4) is 0 Å². The molecule has 3 nitrogen and oxygen atoms in total. The molecule has 24 heavy (non-hydrogen) atoms. The van der Waals surface area contributed by atoms with Gasteiger partial charge in [0.1, 0.15) is 17.5 Å². The summed E-state index contributed by atoms with van der Waals surface area (Å²) in [4.78, 5) is 14.0. The molecule has 0 bridgehead atoms. The van der Waals surface area contributed by atoms with Crippen molar-refractivity contribution in [3.05, 3.63) is 65.5 Å². The Morgan fingerprint density at radius 3 is 2.50 bits per heavy atom. The van der Waals surface area contributed by atoms with E-state index in [-0.39, 0.29) is 30.7 Å². The van der Waals surface area contributed by atoms with Crippen LogP contribution in [0.3, 0.4) is 0 Å². The highest BCUT2D eigenvalue weighted by Crippen LogP contribution is 2.28. The van der Waals surface area contributed by atoms with Crippen LogP contribution in [0.5, 0.6) is 0 Å². The minimum atomic E-state index is -0.633. The number of carbonyl (C=O) groups is 1. The molecule has 126 valence electrons. The molecule has 2 aromatic rings. The fourth-order valence-electron chi connectivity index (χ4n) is 2.56. The van der Waals surface area contributed by atoms with Gasteiger partial charge >= 0.3 is 0 Å². The second-order valence-corrected chi connectivity index (χ2v) is 5.90. The first-order valence-electron chi connectivity index (χ1n) is 7.75. The van der Waals surface area contributed by atoms with Crippen molar-refractivity contribution in [1.29, 1.82) is 0 Å². The van der Waals surface area contributed by atoms with Crippen LogP contribution in [-0.4, -0.2) is 23.4 Å². The number of nitrogens with one attached hydrogen (secondary N) is 1. The number of hydrogen-bond acceptors (Lipinski definition) is 2. The van der Waals surface area contributed by atoms with Gasteiger partial charge in [0, 0.05) is 24.2 Å². The van der Waals surface area contributed by atoms with Gasteiger partial charge in [-0.2, -0.15) is 0 Å². The van der Waals surface area contributed by atoms with E-state index in [1.807, 2.05) is 4.90 Å². The molecule has 1 fully saturated rings. The lowest BCUT2D eigenvalue weighted by Crippen LogP contribution is -2.35. The largest absolute Gasteiger partial charge is 0.322 e. The van der Waals surface area contributed by atoms with Crippen LogP contribution >= 0.6 is 0 Å². The second-order valence-electron chi connectivity index (χ2n) is 5.90. The number of carbonyl (C=O) groups excluding carboxylic acids is 1. The van der Waals surface area contributed by atoms with Gasteiger partial charge in [-0.25, -0.2) is 13.2 Å². The van der Waals surface area contributed by atoms with E-state index in [1.165, 1.54) is 24.3 Å². The Morgan fingerprint density at radius 1 is 1.08 bits per heavy atom. The molecule has 0 spiro atoms. The van der Waals surface area contributed by atoms with Gasteiger partial charge in [-0.1, -0.05) is 18.2 Å². The molecule has 1 saturated carbocycles. The van der Waals surface area contributed by atoms with Gasteiger partial charge in [-0.3, -0.25) is 9.69 Å². The Labute approximate surface area is 138 Å². The predicted molar refractivity (Wildman–Crippen MR) is 84.8 cm³/mol. The molecule has 0 aromatic heterocycles. The fourth-order valence-corrected chi connectivity index (χ4v) is 2.56. The second kappa shape index (κ2) is 7.05. The Morgan fingerprint density at radius 2 is 1.83 bits per heavy atom. The van der Waals surface area contributed by atoms with E-state index in [2.05, 4.69) is 5.32 Å². The first-order valence-corrected chi connectivity index (χ1v) is 7.75. The lowest BCUT2D eigenvalue weighted by atomic mass is 10.2. The predicted octanol–water partition coefficient (Wildman–Crippen LogP) is 3.71. The summed E-state index contributed by atoms with van der Waals surface area (Å²) in [6.45, 7) is 0.233. The average molecular weight is 334 g/mol. The molecular weight excluding hydrogens is 317 g/mol. The first-order chi connectivity index (χ1) is 11.5. The molecule has 1 amide bonds. The standard InChI is InChI=1S/C18H17F3N2O/c19-13-6-5-12(16(21)9-13)10-23(14-7-8-14)11-18(24)22-17-4-2-1-3-15(17)20/h1-6,9,14H,7-8,10-11H2,(H,22,24). The summed E-state index contributed by atoms with van der Waals surface area (Å²) in [5.41, 5.74) is 0.452. The molecule has 2 aromatic carbocycles. The number of nitrogens with zero attached hydrogens (tertiary/aromatic N) is 1. The highest BCUT2D eigenvalue weighted by Gasteiger charge is 2.31. The number of rotatable bonds is 6. The van der Waals surface area contributed by atoms with E-state index in [0.29, 0.717) is 5.56 Å². The molecule has 1 aliphatic carbocycles. The minimum absolute atomic E-state index is 0.0236. The van der Waals surface area contributed by atoms with Gasteiger partial charge in [0.05, 0.1) is 12.2 Å². The number of hydrogen-bond donors (Lipinski definition) is 1. The van der Waals surface area contributed by atoms with Gasteiger partial charge in [0.2, 0.25) is 5.91 Å². The average Bonchev–Trinajstić information content (AvgIpc) is 3.36. The maximum atomic E-state index is 13.8. The van der Waals surface area contributed by atoms with E-state index in [1.54, 1.807) is 12.1 Å². The van der Waals surface area contributed by atoms with Gasteiger partial charge in [-0.05, 0) is 31.0 Å². The third kappa shape index (κ3) is 4.14. The van der Waals surface area contributed by atoms with Crippen LogP contribution in [0.4, 0.5) is 18.9 Å². The summed E-state index contributed by atoms with van der Waals surface area (Å²) in [7, 11) is 0. The van der Waals surface area contributed by atoms with E-state index >= 15 is 0 Å². The number of halogens is 3. The van der Waals surface area contributed by atoms with Crippen molar-refractivity contribution in [2.45, 2.75) is 25.4 Å². The monoisotopic (exact) mass is 334 g/mol. The minimum Gasteiger partial charge on any atom is -0.322 e. The lowest BCUT2D eigenvalue weighted by molar-refractivity contribution is -0.117. The van der Waals surface area contributed by atoms with Gasteiger partial charge < -0.3 is 5.32 Å². The number of para-hydroxylation sites is 1. The molecule has 0 heterocycles. The lowest BCUT2D eigenvalue weighted by Gasteiger charge is -2.22. The molecule has 1 aliphatic rings. The maximum absolute atomic E-state index is 13.8. The first kappa shape index (κ1) is 16.5. The zero-order valence-electron chi connectivity index (χ0n) is 12.9. The third-order valence-electron chi connectivity index (χ3n) is 3.95. The van der Waals surface area contributed by atoms with Crippen LogP contribution in [0.15, 0.2) is 42.5 Å². The summed E-state index contributed by atoms with van der Waals surface area (Å²) in [6.07, 6.45) is 1.85. The van der Waals surface area contributed by atoms with Crippen molar-refractivity contribution in [2.24, 2.45) is 0 Å². The van der Waals surface area contributed by atoms with Gasteiger partial charge in [-0.15, -0.1) is 0 Å². The molecule has 0 aliphatic heterocycles. The van der Waals surface area contributed by atoms with E-state index in [9.17, 15) is 18.0 Å². The Kier molecular flexibility index (Phi) is 4.85. The Hall–Kier alpha value is -2.34. The van der Waals surface area contributed by atoms with E-state index < -0.39 is 17.5 Å². The maximum Gasteiger partial charge on any atom is 0.238 e. The summed E-state index contributed by atoms with van der Waals surface area (Å²) < 4.78 is 40.4. The topological polar surface area (TPSA) is 32.3 Å². The smallest absolute Gasteiger partial charge is 0.238 e. The molecule has 6 heteroatoms. The molecule has 1 N–H and O–H groups in total. The quantitative estimate of drug-likeness (QED) is 0.873. The van der Waals surface area contributed by atoms with Gasteiger partial charge in [0.15, 0.2) is 0 Å². The van der Waals surface area contributed by atoms with Gasteiger partial charge in [0.25, 0.3) is 0 Å². The third-order valence-corrected chi connectivity index (χ3v) is 3.95. The molecule has 0 saturated heterocycles. The van der Waals surface area contributed by atoms with Crippen molar-refractivity contribution < 1.29 is 18.0 Å². The van der Waals surface area contributed by atoms with Crippen LogP contribution in [-0.2, 0) is 11.3 Å². The highest BCUT2D eigenvalue weighted by molar-refractivity contribution is 5.92. The zero-order chi connectivity index (χ0) is 17.1. The molecule has 3 rings (SSSR count). The number of amides is 1. The summed E-state index contributed by atoms with van der Waals surface area (Å²) in [5, 5.41) is 2.52. The molecule has 0 unspecified atom stereocenters. The molecule has 0 atom stereocenters. The zero-order valence-corrected chi connectivity index (χ0v) is 12.9. The van der Waals surface area contributed by atoms with Crippen LogP contribution in [0, 0.1) is 17.5 Å². The fraction of sp³-hybridized carbons (Fsp3) is 0.278. The van der Waals surface area contributed by atoms with Crippen LogP contribution in [0.1, 0.15) is 18.4 Å². The SMILES string of the molecule is O=C(CN(Cc1ccc(F)cc1F)C1CC1)Nc1ccccc1F. The summed E-state index contributed by atoms with van der Waals surface area (Å²) in [6, 6.07) is 9.53. The van der Waals surface area contributed by atoms with E-state index in [4.69, 9.17) is 0 Å². The number of anilines is 1. The number of benzene rings is 2. The van der Waals surface area contributed by atoms with Crippen molar-refractivity contribution in [2.75, 3.05) is 11.9 Å². The highest BCUT2D eigenvalue weighted by atomic mass is 19.1. The molecule has 0 radical (unpaired) electrons. The van der Waals surface area contributed by atoms with Crippen molar-refractivity contribution in [1.82, 2.24) is 4.90 Å². The van der Waals surface area contributed by atoms with Crippen molar-refractivity contribution >= 4 is 11.6 Å². The van der Waals surface area contributed by atoms with Crippen LogP contribution in [0.25, 0.3) is 0 Å². The summed E-state index contributed by atoms with van der Waals surface area (Å²) in [5.74, 6) is -2.13. The van der Waals surface area contributed by atoms with Crippen LogP contribution < -0.4 is 5.32 Å². The Bertz CT molecular complexity index is 747. The van der Waals surface area contributed by atoms with Crippen LogP contribution in [0.2, 0.25) is 0 Å². The summed E-state index contributed by atoms with van der Waals surface area (Å²) >= 11 is 0. The van der Waals surface area contributed by atoms with E-state index in [0.717, 1.165) is 18.9 Å². The molecular formula is C18H17F3N2O. The normalized spacial score (nSPS) is 14.0. The van der Waals surface area contributed by atoms with Crippen molar-refractivity contribution in [3.63, 3.8) is 0 Å². The Balaban J connectivity index is 1.66.